The quantitative estimate of drug-likeness (QED) is 0.759. The largest absolute Gasteiger partial charge is 0.314 e. The van der Waals surface area contributed by atoms with Crippen LogP contribution in [0.5, 0.6) is 0 Å². The Morgan fingerprint density at radius 1 is 1.80 bits per heavy atom. The number of hydrogen-bond acceptors (Lipinski definition) is 3. The van der Waals surface area contributed by atoms with Gasteiger partial charge in [-0.2, -0.15) is 9.90 Å². The van der Waals surface area contributed by atoms with Crippen LogP contribution in [0, 0.1) is 0 Å². The number of nitrogens with one attached hydrogen (secondary N) is 1. The SMILES string of the molecule is [2H]C([2H])([2H])n1nc(Br)c(CNC)n1. The summed E-state index contributed by atoms with van der Waals surface area (Å²) in [5.74, 6) is 0. The van der Waals surface area contributed by atoms with Gasteiger partial charge in [0.1, 0.15) is 5.69 Å². The van der Waals surface area contributed by atoms with Crippen molar-refractivity contribution in [3.05, 3.63) is 10.3 Å². The van der Waals surface area contributed by atoms with Crippen LogP contribution in [-0.4, -0.2) is 22.0 Å². The van der Waals surface area contributed by atoms with Crippen LogP contribution < -0.4 is 5.32 Å². The Kier molecular flexibility index (Phi) is 1.39. The van der Waals surface area contributed by atoms with E-state index in [0.29, 0.717) is 16.8 Å². The van der Waals surface area contributed by atoms with Gasteiger partial charge in [0, 0.05) is 17.6 Å². The molecule has 0 fully saturated rings. The number of aromatic nitrogens is 3. The summed E-state index contributed by atoms with van der Waals surface area (Å²) in [6.45, 7) is -1.83. The van der Waals surface area contributed by atoms with E-state index in [9.17, 15) is 0 Å². The number of halogens is 1. The number of nitrogens with zero attached hydrogens (tertiary/aromatic N) is 3. The molecule has 1 aromatic heterocycles. The zero-order valence-electron chi connectivity index (χ0n) is 8.43. The standard InChI is InChI=1S/C5H9BrN4/c1-7-3-4-5(6)9-10(2)8-4/h7H,3H2,1-2H3/i2D3. The molecule has 0 radical (unpaired) electrons. The maximum atomic E-state index is 7.05. The van der Waals surface area contributed by atoms with Crippen molar-refractivity contribution in [1.29, 1.82) is 0 Å². The summed E-state index contributed by atoms with van der Waals surface area (Å²) in [6.07, 6.45) is 0. The second-order valence-corrected chi connectivity index (χ2v) is 2.51. The molecule has 0 saturated heterocycles. The van der Waals surface area contributed by atoms with Gasteiger partial charge in [0.05, 0.1) is 0 Å². The lowest BCUT2D eigenvalue weighted by Crippen LogP contribution is -2.06. The van der Waals surface area contributed by atoms with Crippen LogP contribution in [0.2, 0.25) is 0 Å². The van der Waals surface area contributed by atoms with Gasteiger partial charge in [-0.25, -0.2) is 0 Å². The molecule has 0 atom stereocenters. The van der Waals surface area contributed by atoms with Crippen molar-refractivity contribution in [2.75, 3.05) is 7.05 Å². The third-order valence-corrected chi connectivity index (χ3v) is 1.60. The van der Waals surface area contributed by atoms with E-state index < -0.39 is 6.98 Å². The van der Waals surface area contributed by atoms with Crippen molar-refractivity contribution in [2.45, 2.75) is 6.54 Å². The molecule has 4 nitrogen and oxygen atoms in total. The van der Waals surface area contributed by atoms with Crippen LogP contribution in [0.25, 0.3) is 0 Å². The van der Waals surface area contributed by atoms with Gasteiger partial charge in [0.25, 0.3) is 0 Å². The first-order valence-corrected chi connectivity index (χ1v) is 3.51. The molecule has 10 heavy (non-hydrogen) atoms. The second kappa shape index (κ2) is 3.12. The minimum absolute atomic E-state index is 0.456. The third-order valence-electron chi connectivity index (χ3n) is 0.980. The topological polar surface area (TPSA) is 42.7 Å². The summed E-state index contributed by atoms with van der Waals surface area (Å²) in [6, 6.07) is 0. The Labute approximate surface area is 72.0 Å². The van der Waals surface area contributed by atoms with Crippen molar-refractivity contribution in [2.24, 2.45) is 6.98 Å². The van der Waals surface area contributed by atoms with E-state index in [2.05, 4.69) is 31.4 Å². The fraction of sp³-hybridized carbons (Fsp3) is 0.600. The van der Waals surface area contributed by atoms with E-state index in [-0.39, 0.29) is 0 Å². The summed E-state index contributed by atoms with van der Waals surface area (Å²) in [7, 11) is 1.75. The highest BCUT2D eigenvalue weighted by Crippen LogP contribution is 2.08. The molecule has 0 aromatic carbocycles. The highest BCUT2D eigenvalue weighted by Gasteiger charge is 2.03. The van der Waals surface area contributed by atoms with E-state index in [1.807, 2.05) is 0 Å². The molecule has 56 valence electrons. The van der Waals surface area contributed by atoms with Gasteiger partial charge < -0.3 is 5.32 Å². The van der Waals surface area contributed by atoms with Crippen molar-refractivity contribution >= 4 is 15.9 Å². The predicted octanol–water partition coefficient (Wildman–Crippen LogP) is 0.297. The van der Waals surface area contributed by atoms with Gasteiger partial charge >= 0.3 is 0 Å². The van der Waals surface area contributed by atoms with Crippen molar-refractivity contribution < 1.29 is 4.11 Å². The second-order valence-electron chi connectivity index (χ2n) is 1.76. The van der Waals surface area contributed by atoms with E-state index >= 15 is 0 Å². The summed E-state index contributed by atoms with van der Waals surface area (Å²) < 4.78 is 21.6. The smallest absolute Gasteiger partial charge is 0.152 e. The number of rotatable bonds is 2. The first kappa shape index (κ1) is 4.46. The lowest BCUT2D eigenvalue weighted by Gasteiger charge is -1.90. The molecular formula is C5H9BrN4. The Balaban J connectivity index is 2.95. The van der Waals surface area contributed by atoms with Crippen LogP contribution in [0.3, 0.4) is 0 Å². The third kappa shape index (κ3) is 1.54. The maximum absolute atomic E-state index is 7.05. The minimum atomic E-state index is -2.31. The van der Waals surface area contributed by atoms with Gasteiger partial charge in [-0.3, -0.25) is 0 Å². The highest BCUT2D eigenvalue weighted by molar-refractivity contribution is 9.10. The van der Waals surface area contributed by atoms with Crippen LogP contribution in [0.1, 0.15) is 9.81 Å². The average molecular weight is 208 g/mol. The zero-order valence-corrected chi connectivity index (χ0v) is 7.01. The van der Waals surface area contributed by atoms with E-state index in [1.54, 1.807) is 7.05 Å². The van der Waals surface area contributed by atoms with E-state index in [4.69, 9.17) is 4.11 Å². The molecule has 0 unspecified atom stereocenters. The summed E-state index contributed by atoms with van der Waals surface area (Å²) in [5.41, 5.74) is 0.582. The molecule has 0 saturated carbocycles. The number of aryl methyl sites for hydroxylation is 1. The van der Waals surface area contributed by atoms with Crippen LogP contribution in [0.15, 0.2) is 4.60 Å². The summed E-state index contributed by atoms with van der Waals surface area (Å²) in [5, 5.41) is 10.4. The van der Waals surface area contributed by atoms with Crippen LogP contribution >= 0.6 is 15.9 Å². The van der Waals surface area contributed by atoms with Crippen molar-refractivity contribution in [3.8, 4) is 0 Å². The molecular weight excluding hydrogens is 196 g/mol. The maximum Gasteiger partial charge on any atom is 0.152 e. The average Bonchev–Trinajstić information content (AvgIpc) is 2.32. The Hall–Kier alpha value is -0.420. The van der Waals surface area contributed by atoms with Gasteiger partial charge in [-0.05, 0) is 23.0 Å². The van der Waals surface area contributed by atoms with Crippen molar-refractivity contribution in [1.82, 2.24) is 20.3 Å². The Morgan fingerprint density at radius 2 is 2.60 bits per heavy atom. The fourth-order valence-corrected chi connectivity index (χ4v) is 0.964. The highest BCUT2D eigenvalue weighted by atomic mass is 79.9. The summed E-state index contributed by atoms with van der Waals surface area (Å²) in [4.78, 5) is 0.726. The first-order valence-electron chi connectivity index (χ1n) is 4.22. The minimum Gasteiger partial charge on any atom is -0.314 e. The van der Waals surface area contributed by atoms with Gasteiger partial charge in [-0.1, -0.05) is 0 Å². The lowest BCUT2D eigenvalue weighted by atomic mass is 10.5. The molecule has 1 heterocycles. The van der Waals surface area contributed by atoms with E-state index in [0.717, 1.165) is 4.80 Å². The molecule has 0 spiro atoms. The van der Waals surface area contributed by atoms with Crippen LogP contribution in [0.4, 0.5) is 0 Å². The van der Waals surface area contributed by atoms with Crippen molar-refractivity contribution in [3.63, 3.8) is 0 Å². The zero-order chi connectivity index (χ0) is 10.1. The normalized spacial score (nSPS) is 16.0. The first-order chi connectivity index (χ1) is 5.95. The Bertz CT molecular complexity index is 294. The van der Waals surface area contributed by atoms with Gasteiger partial charge in [-0.15, -0.1) is 5.10 Å². The molecule has 1 rings (SSSR count). The molecule has 1 N–H and O–H groups in total. The molecule has 0 aliphatic heterocycles. The molecule has 5 heteroatoms. The fourth-order valence-electron chi connectivity index (χ4n) is 0.595. The van der Waals surface area contributed by atoms with E-state index in [1.165, 1.54) is 0 Å². The predicted molar refractivity (Wildman–Crippen MR) is 41.5 cm³/mol. The molecule has 0 amide bonds. The number of hydrogen-bond donors (Lipinski definition) is 1. The molecule has 0 aliphatic carbocycles. The molecule has 0 aliphatic rings. The van der Waals surface area contributed by atoms with Crippen LogP contribution in [-0.2, 0) is 13.5 Å². The lowest BCUT2D eigenvalue weighted by molar-refractivity contribution is 0.636. The summed E-state index contributed by atoms with van der Waals surface area (Å²) >= 11 is 3.13. The van der Waals surface area contributed by atoms with Gasteiger partial charge in [0.15, 0.2) is 4.60 Å². The monoisotopic (exact) mass is 207 g/mol. The molecule has 0 bridgehead atoms. The molecule has 1 aromatic rings. The van der Waals surface area contributed by atoms with Gasteiger partial charge in [0.2, 0.25) is 0 Å². The Morgan fingerprint density at radius 3 is 3.10 bits per heavy atom.